The smallest absolute Gasteiger partial charge is 0.120 e. The van der Waals surface area contributed by atoms with Crippen molar-refractivity contribution in [2.75, 3.05) is 12.5 Å². The third-order valence-electron chi connectivity index (χ3n) is 1.54. The van der Waals surface area contributed by atoms with E-state index in [-0.39, 0.29) is 0 Å². The average Bonchev–Trinajstić information content (AvgIpc) is 2.19. The van der Waals surface area contributed by atoms with Crippen LogP contribution in [0.1, 0.15) is 13.3 Å². The Bertz CT molecular complexity index is 284. The van der Waals surface area contributed by atoms with Gasteiger partial charge in [0.05, 0.1) is 12.8 Å². The van der Waals surface area contributed by atoms with Crippen LogP contribution in [0.4, 0.5) is 5.69 Å². The summed E-state index contributed by atoms with van der Waals surface area (Å²) in [5, 5.41) is 4.00. The van der Waals surface area contributed by atoms with Crippen molar-refractivity contribution >= 4 is 11.9 Å². The van der Waals surface area contributed by atoms with Crippen LogP contribution in [0.3, 0.4) is 0 Å². The summed E-state index contributed by atoms with van der Waals surface area (Å²) in [6.07, 6.45) is 2.75. The minimum absolute atomic E-state index is 0.830. The number of methoxy groups -OCH3 is 1. The summed E-state index contributed by atoms with van der Waals surface area (Å²) in [5.41, 5.74) is 3.84. The van der Waals surface area contributed by atoms with Crippen LogP contribution in [0.5, 0.6) is 5.75 Å². The van der Waals surface area contributed by atoms with Gasteiger partial charge < -0.3 is 4.74 Å². The number of benzene rings is 1. The maximum Gasteiger partial charge on any atom is 0.120 e. The Morgan fingerprint density at radius 2 is 2.38 bits per heavy atom. The fourth-order valence-electron chi connectivity index (χ4n) is 0.904. The van der Waals surface area contributed by atoms with Crippen molar-refractivity contribution in [2.45, 2.75) is 13.3 Å². The molecular weight excluding hydrogens is 164 g/mol. The highest BCUT2D eigenvalue weighted by Gasteiger charge is 1.91. The Balaban J connectivity index is 2.61. The van der Waals surface area contributed by atoms with Crippen molar-refractivity contribution in [3.8, 4) is 5.75 Å². The summed E-state index contributed by atoms with van der Waals surface area (Å²) in [6.45, 7) is 2.04. The normalized spacial score (nSPS) is 10.3. The van der Waals surface area contributed by atoms with Gasteiger partial charge in [-0.1, -0.05) is 13.0 Å². The van der Waals surface area contributed by atoms with Crippen LogP contribution in [-0.2, 0) is 0 Å². The predicted octanol–water partition coefficient (Wildman–Crippen LogP) is 2.50. The lowest BCUT2D eigenvalue weighted by Gasteiger charge is -2.02. The van der Waals surface area contributed by atoms with Crippen molar-refractivity contribution in [3.63, 3.8) is 0 Å². The second kappa shape index (κ2) is 5.19. The minimum atomic E-state index is 0.830. The lowest BCUT2D eigenvalue weighted by Crippen LogP contribution is -1.89. The topological polar surface area (TPSA) is 33.6 Å². The molecule has 0 amide bonds. The first-order valence-corrected chi connectivity index (χ1v) is 4.28. The van der Waals surface area contributed by atoms with Crippen LogP contribution < -0.4 is 10.2 Å². The van der Waals surface area contributed by atoms with Gasteiger partial charge in [0.2, 0.25) is 0 Å². The zero-order valence-electron chi connectivity index (χ0n) is 7.95. The molecule has 3 nitrogen and oxygen atoms in total. The van der Waals surface area contributed by atoms with Gasteiger partial charge >= 0.3 is 0 Å². The predicted molar refractivity (Wildman–Crippen MR) is 55.4 cm³/mol. The lowest BCUT2D eigenvalue weighted by atomic mass is 10.3. The second-order valence-corrected chi connectivity index (χ2v) is 2.56. The van der Waals surface area contributed by atoms with E-state index in [1.54, 1.807) is 7.11 Å². The van der Waals surface area contributed by atoms with E-state index in [9.17, 15) is 0 Å². The molecule has 0 aliphatic carbocycles. The van der Waals surface area contributed by atoms with Crippen LogP contribution in [0.2, 0.25) is 0 Å². The molecule has 0 saturated carbocycles. The van der Waals surface area contributed by atoms with Crippen LogP contribution >= 0.6 is 0 Å². The number of hydrogen-bond acceptors (Lipinski definition) is 3. The highest BCUT2D eigenvalue weighted by atomic mass is 16.5. The number of nitrogens with zero attached hydrogens (tertiary/aromatic N) is 1. The highest BCUT2D eigenvalue weighted by molar-refractivity contribution is 5.59. The molecule has 0 atom stereocenters. The standard InChI is InChI=1S/C10H14N2O/c1-3-7-11-12-9-5-4-6-10(8-9)13-2/h4-8,12H,3H2,1-2H3. The third-order valence-corrected chi connectivity index (χ3v) is 1.54. The van der Waals surface area contributed by atoms with E-state index in [1.807, 2.05) is 37.4 Å². The molecule has 70 valence electrons. The highest BCUT2D eigenvalue weighted by Crippen LogP contribution is 2.16. The van der Waals surface area contributed by atoms with Crippen LogP contribution in [-0.4, -0.2) is 13.3 Å². The number of nitrogens with one attached hydrogen (secondary N) is 1. The van der Waals surface area contributed by atoms with Gasteiger partial charge in [-0.05, 0) is 18.6 Å². The third kappa shape index (κ3) is 3.15. The molecule has 0 radical (unpaired) electrons. The van der Waals surface area contributed by atoms with Crippen molar-refractivity contribution in [1.82, 2.24) is 0 Å². The molecule has 0 unspecified atom stereocenters. The number of anilines is 1. The van der Waals surface area contributed by atoms with Gasteiger partial charge in [0.25, 0.3) is 0 Å². The molecule has 0 bridgehead atoms. The molecule has 3 heteroatoms. The monoisotopic (exact) mass is 178 g/mol. The summed E-state index contributed by atoms with van der Waals surface area (Å²) in [6, 6.07) is 7.65. The van der Waals surface area contributed by atoms with Gasteiger partial charge in [-0.2, -0.15) is 5.10 Å². The first-order valence-electron chi connectivity index (χ1n) is 4.28. The summed E-state index contributed by atoms with van der Waals surface area (Å²) in [7, 11) is 1.65. The van der Waals surface area contributed by atoms with E-state index >= 15 is 0 Å². The Hall–Kier alpha value is -1.51. The maximum atomic E-state index is 5.07. The van der Waals surface area contributed by atoms with Gasteiger partial charge in [0.15, 0.2) is 0 Å². The molecule has 0 aliphatic rings. The quantitative estimate of drug-likeness (QED) is 0.567. The van der Waals surface area contributed by atoms with Gasteiger partial charge in [-0.3, -0.25) is 5.43 Å². The SMILES string of the molecule is CCC=NNc1cccc(OC)c1. The van der Waals surface area contributed by atoms with E-state index in [0.717, 1.165) is 17.9 Å². The molecule has 0 aliphatic heterocycles. The largest absolute Gasteiger partial charge is 0.497 e. The zero-order valence-corrected chi connectivity index (χ0v) is 7.95. The van der Waals surface area contributed by atoms with Crippen molar-refractivity contribution in [2.24, 2.45) is 5.10 Å². The molecule has 13 heavy (non-hydrogen) atoms. The van der Waals surface area contributed by atoms with E-state index < -0.39 is 0 Å². The molecule has 1 rings (SSSR count). The fraction of sp³-hybridized carbons (Fsp3) is 0.300. The summed E-state index contributed by atoms with van der Waals surface area (Å²) >= 11 is 0. The average molecular weight is 178 g/mol. The van der Waals surface area contributed by atoms with Crippen molar-refractivity contribution in [3.05, 3.63) is 24.3 Å². The first kappa shape index (κ1) is 9.58. The molecule has 0 saturated heterocycles. The summed E-state index contributed by atoms with van der Waals surface area (Å²) < 4.78 is 5.07. The number of hydrogen-bond donors (Lipinski definition) is 1. The summed E-state index contributed by atoms with van der Waals surface area (Å²) in [5.74, 6) is 0.830. The Morgan fingerprint density at radius 3 is 3.08 bits per heavy atom. The van der Waals surface area contributed by atoms with Crippen molar-refractivity contribution in [1.29, 1.82) is 0 Å². The second-order valence-electron chi connectivity index (χ2n) is 2.56. The lowest BCUT2D eigenvalue weighted by molar-refractivity contribution is 0.415. The Labute approximate surface area is 78.4 Å². The van der Waals surface area contributed by atoms with Crippen LogP contribution in [0.15, 0.2) is 29.4 Å². The molecule has 1 N–H and O–H groups in total. The van der Waals surface area contributed by atoms with Crippen molar-refractivity contribution < 1.29 is 4.74 Å². The van der Waals surface area contributed by atoms with E-state index in [0.29, 0.717) is 0 Å². The molecule has 0 spiro atoms. The van der Waals surface area contributed by atoms with Crippen LogP contribution in [0, 0.1) is 0 Å². The van der Waals surface area contributed by atoms with Gasteiger partial charge in [-0.25, -0.2) is 0 Å². The van der Waals surface area contributed by atoms with Gasteiger partial charge in [0.1, 0.15) is 5.75 Å². The first-order chi connectivity index (χ1) is 6.36. The molecule has 1 aromatic carbocycles. The molecular formula is C10H14N2O. The van der Waals surface area contributed by atoms with Gasteiger partial charge in [0, 0.05) is 12.3 Å². The molecule has 0 heterocycles. The maximum absolute atomic E-state index is 5.07. The van der Waals surface area contributed by atoms with Gasteiger partial charge in [-0.15, -0.1) is 0 Å². The number of ether oxygens (including phenoxy) is 1. The van der Waals surface area contributed by atoms with E-state index in [2.05, 4.69) is 10.5 Å². The minimum Gasteiger partial charge on any atom is -0.497 e. The zero-order chi connectivity index (χ0) is 9.52. The van der Waals surface area contributed by atoms with Crippen LogP contribution in [0.25, 0.3) is 0 Å². The Morgan fingerprint density at radius 1 is 1.54 bits per heavy atom. The molecule has 1 aromatic rings. The number of hydrazone groups is 1. The molecule has 0 fully saturated rings. The fourth-order valence-corrected chi connectivity index (χ4v) is 0.904. The summed E-state index contributed by atoms with van der Waals surface area (Å²) in [4.78, 5) is 0. The Kier molecular flexibility index (Phi) is 3.82. The van der Waals surface area contributed by atoms with E-state index in [1.165, 1.54) is 0 Å². The molecule has 0 aromatic heterocycles. The number of rotatable bonds is 4. The van der Waals surface area contributed by atoms with E-state index in [4.69, 9.17) is 4.74 Å².